The number of benzene rings is 1. The number of hydrogen-bond donors (Lipinski definition) is 0. The Kier molecular flexibility index (Phi) is 2.49. The molecule has 1 aromatic carbocycles. The van der Waals surface area contributed by atoms with E-state index in [9.17, 15) is 4.79 Å². The lowest BCUT2D eigenvalue weighted by Crippen LogP contribution is -2.09. The fourth-order valence-corrected chi connectivity index (χ4v) is 1.34. The third-order valence-corrected chi connectivity index (χ3v) is 2.04. The van der Waals surface area contributed by atoms with Crippen molar-refractivity contribution < 1.29 is 9.53 Å². The lowest BCUT2D eigenvalue weighted by Gasteiger charge is -2.04. The van der Waals surface area contributed by atoms with Crippen molar-refractivity contribution in [3.8, 4) is 5.69 Å². The Bertz CT molecular complexity index is 462. The van der Waals surface area contributed by atoms with Gasteiger partial charge in [0.2, 0.25) is 0 Å². The number of para-hydroxylation sites is 1. The molecule has 4 heteroatoms. The van der Waals surface area contributed by atoms with E-state index in [0.717, 1.165) is 5.69 Å². The van der Waals surface area contributed by atoms with Crippen LogP contribution in [-0.2, 0) is 4.74 Å². The molecule has 1 heterocycles. The molecule has 0 unspecified atom stereocenters. The normalized spacial score (nSPS) is 9.93. The van der Waals surface area contributed by atoms with Gasteiger partial charge in [0.25, 0.3) is 0 Å². The topological polar surface area (TPSA) is 44.1 Å². The molecule has 4 nitrogen and oxygen atoms in total. The maximum absolute atomic E-state index is 11.4. The van der Waals surface area contributed by atoms with Crippen molar-refractivity contribution in [3.63, 3.8) is 0 Å². The molecule has 0 atom stereocenters. The van der Waals surface area contributed by atoms with E-state index in [-0.39, 0.29) is 0 Å². The monoisotopic (exact) mass is 202 g/mol. The first-order valence-corrected chi connectivity index (χ1v) is 4.50. The Morgan fingerprint density at radius 2 is 2.00 bits per heavy atom. The van der Waals surface area contributed by atoms with E-state index >= 15 is 0 Å². The fraction of sp³-hybridized carbons (Fsp3) is 0.0909. The summed E-state index contributed by atoms with van der Waals surface area (Å²) in [6.45, 7) is 0. The van der Waals surface area contributed by atoms with Gasteiger partial charge in [-0.05, 0) is 18.2 Å². The molecule has 0 bridgehead atoms. The highest BCUT2D eigenvalue weighted by Crippen LogP contribution is 2.10. The summed E-state index contributed by atoms with van der Waals surface area (Å²) in [4.78, 5) is 11.4. The van der Waals surface area contributed by atoms with Crippen LogP contribution in [0.4, 0.5) is 0 Å². The largest absolute Gasteiger partial charge is 0.464 e. The van der Waals surface area contributed by atoms with Gasteiger partial charge in [-0.2, -0.15) is 5.10 Å². The van der Waals surface area contributed by atoms with E-state index in [4.69, 9.17) is 0 Å². The number of hydrogen-bond acceptors (Lipinski definition) is 3. The minimum Gasteiger partial charge on any atom is -0.464 e. The van der Waals surface area contributed by atoms with E-state index in [0.29, 0.717) is 5.69 Å². The SMILES string of the molecule is COC(=O)c1ccnn1-c1ccccc1. The zero-order valence-corrected chi connectivity index (χ0v) is 8.25. The molecule has 76 valence electrons. The highest BCUT2D eigenvalue weighted by Gasteiger charge is 2.12. The number of aromatic nitrogens is 2. The van der Waals surface area contributed by atoms with Gasteiger partial charge in [0, 0.05) is 0 Å². The quantitative estimate of drug-likeness (QED) is 0.695. The van der Waals surface area contributed by atoms with Crippen molar-refractivity contribution in [3.05, 3.63) is 48.3 Å². The maximum atomic E-state index is 11.4. The zero-order valence-electron chi connectivity index (χ0n) is 8.25. The summed E-state index contributed by atoms with van der Waals surface area (Å²) in [5.74, 6) is -0.392. The van der Waals surface area contributed by atoms with E-state index in [1.807, 2.05) is 30.3 Å². The first-order chi connectivity index (χ1) is 7.33. The Morgan fingerprint density at radius 1 is 1.27 bits per heavy atom. The highest BCUT2D eigenvalue weighted by molar-refractivity contribution is 5.88. The Labute approximate surface area is 87.1 Å². The summed E-state index contributed by atoms with van der Waals surface area (Å²) < 4.78 is 6.20. The van der Waals surface area contributed by atoms with Gasteiger partial charge in [0.05, 0.1) is 19.0 Å². The average Bonchev–Trinajstić information content (AvgIpc) is 2.78. The van der Waals surface area contributed by atoms with Crippen molar-refractivity contribution >= 4 is 5.97 Å². The first kappa shape index (κ1) is 9.45. The minimum absolute atomic E-state index is 0.392. The molecular formula is C11H10N2O2. The predicted octanol–water partition coefficient (Wildman–Crippen LogP) is 1.66. The Hall–Kier alpha value is -2.10. The minimum atomic E-state index is -0.392. The molecule has 0 radical (unpaired) electrons. The van der Waals surface area contributed by atoms with Gasteiger partial charge in [0.15, 0.2) is 5.69 Å². The first-order valence-electron chi connectivity index (χ1n) is 4.50. The van der Waals surface area contributed by atoms with E-state index < -0.39 is 5.97 Å². The van der Waals surface area contributed by atoms with Crippen molar-refractivity contribution in [2.75, 3.05) is 7.11 Å². The number of esters is 1. The number of ether oxygens (including phenoxy) is 1. The summed E-state index contributed by atoms with van der Waals surface area (Å²) in [7, 11) is 1.35. The Morgan fingerprint density at radius 3 is 2.67 bits per heavy atom. The number of methoxy groups -OCH3 is 1. The van der Waals surface area contributed by atoms with Crippen molar-refractivity contribution in [2.24, 2.45) is 0 Å². The molecule has 0 aliphatic heterocycles. The van der Waals surface area contributed by atoms with Crippen LogP contribution >= 0.6 is 0 Å². The van der Waals surface area contributed by atoms with Crippen molar-refractivity contribution in [2.45, 2.75) is 0 Å². The molecule has 0 amide bonds. The van der Waals surface area contributed by atoms with Crippen LogP contribution in [0.25, 0.3) is 5.69 Å². The second kappa shape index (κ2) is 3.96. The number of carbonyl (C=O) groups is 1. The molecule has 0 aliphatic rings. The third kappa shape index (κ3) is 1.74. The molecule has 0 spiro atoms. The number of carbonyl (C=O) groups excluding carboxylic acids is 1. The van der Waals surface area contributed by atoms with Gasteiger partial charge in [-0.25, -0.2) is 9.48 Å². The van der Waals surface area contributed by atoms with Crippen LogP contribution in [0.1, 0.15) is 10.5 Å². The highest BCUT2D eigenvalue weighted by atomic mass is 16.5. The molecular weight excluding hydrogens is 192 g/mol. The summed E-state index contributed by atoms with van der Waals surface area (Å²) in [6.07, 6.45) is 1.57. The van der Waals surface area contributed by atoms with Gasteiger partial charge in [0.1, 0.15) is 0 Å². The summed E-state index contributed by atoms with van der Waals surface area (Å²) in [6, 6.07) is 11.1. The van der Waals surface area contributed by atoms with E-state index in [1.54, 1.807) is 16.9 Å². The Balaban J connectivity index is 2.46. The van der Waals surface area contributed by atoms with Crippen molar-refractivity contribution in [1.29, 1.82) is 0 Å². The third-order valence-electron chi connectivity index (χ3n) is 2.04. The van der Waals surface area contributed by atoms with Gasteiger partial charge >= 0.3 is 5.97 Å². The van der Waals surface area contributed by atoms with Gasteiger partial charge in [-0.15, -0.1) is 0 Å². The van der Waals surface area contributed by atoms with E-state index in [2.05, 4.69) is 9.84 Å². The molecule has 0 aliphatic carbocycles. The zero-order chi connectivity index (χ0) is 10.7. The lowest BCUT2D eigenvalue weighted by molar-refractivity contribution is 0.0590. The van der Waals surface area contributed by atoms with Crippen LogP contribution < -0.4 is 0 Å². The maximum Gasteiger partial charge on any atom is 0.356 e. The van der Waals surface area contributed by atoms with Crippen LogP contribution in [0.5, 0.6) is 0 Å². The van der Waals surface area contributed by atoms with Crippen LogP contribution in [0.3, 0.4) is 0 Å². The summed E-state index contributed by atoms with van der Waals surface area (Å²) >= 11 is 0. The lowest BCUT2D eigenvalue weighted by atomic mass is 10.3. The smallest absolute Gasteiger partial charge is 0.356 e. The molecule has 0 saturated heterocycles. The second-order valence-corrected chi connectivity index (χ2v) is 2.96. The van der Waals surface area contributed by atoms with Crippen molar-refractivity contribution in [1.82, 2.24) is 9.78 Å². The average molecular weight is 202 g/mol. The van der Waals surface area contributed by atoms with Crippen LogP contribution in [0.2, 0.25) is 0 Å². The molecule has 2 rings (SSSR count). The van der Waals surface area contributed by atoms with Crippen LogP contribution in [-0.4, -0.2) is 22.9 Å². The second-order valence-electron chi connectivity index (χ2n) is 2.96. The van der Waals surface area contributed by atoms with E-state index in [1.165, 1.54) is 7.11 Å². The summed E-state index contributed by atoms with van der Waals surface area (Å²) in [5.41, 5.74) is 1.26. The number of nitrogens with zero attached hydrogens (tertiary/aromatic N) is 2. The van der Waals surface area contributed by atoms with Gasteiger partial charge in [-0.3, -0.25) is 0 Å². The van der Waals surface area contributed by atoms with Gasteiger partial charge < -0.3 is 4.74 Å². The summed E-state index contributed by atoms with van der Waals surface area (Å²) in [5, 5.41) is 4.07. The number of rotatable bonds is 2. The molecule has 0 N–H and O–H groups in total. The molecule has 15 heavy (non-hydrogen) atoms. The van der Waals surface area contributed by atoms with Crippen LogP contribution in [0.15, 0.2) is 42.6 Å². The molecule has 2 aromatic rings. The molecule has 0 fully saturated rings. The molecule has 1 aromatic heterocycles. The standard InChI is InChI=1S/C11H10N2O2/c1-15-11(14)10-7-8-12-13(10)9-5-3-2-4-6-9/h2-8H,1H3. The van der Waals surface area contributed by atoms with Gasteiger partial charge in [-0.1, -0.05) is 18.2 Å². The molecule has 0 saturated carbocycles. The predicted molar refractivity (Wildman–Crippen MR) is 54.9 cm³/mol. The fourth-order valence-electron chi connectivity index (χ4n) is 1.34. The van der Waals surface area contributed by atoms with Crippen LogP contribution in [0, 0.1) is 0 Å².